The molecule has 0 aliphatic carbocycles. The molecule has 1 aliphatic rings. The molecule has 3 aromatic carbocycles. The number of nitrogens with zero attached hydrogens (tertiary/aromatic N) is 2. The first-order valence-corrected chi connectivity index (χ1v) is 12.1. The predicted molar refractivity (Wildman–Crippen MR) is 121 cm³/mol. The summed E-state index contributed by atoms with van der Waals surface area (Å²) in [4.78, 5) is 13.9. The minimum absolute atomic E-state index is 0.0947. The normalized spacial score (nSPS) is 15.6. The molecule has 8 heteroatoms. The number of halogens is 2. The predicted octanol–water partition coefficient (Wildman–Crippen LogP) is 4.26. The number of rotatable bonds is 6. The zero-order valence-electron chi connectivity index (χ0n) is 18.1. The Balaban J connectivity index is 1.57. The molecule has 0 spiro atoms. The number of carbonyl (C=O) groups excluding carboxylic acids is 1. The Kier molecular flexibility index (Phi) is 6.69. The van der Waals surface area contributed by atoms with E-state index in [1.807, 2.05) is 0 Å². The SMILES string of the molecule is CC(=O)c1cccc(S(=O)(=O)N2CCN(C(c3ccc(F)cc3)c3ccc(F)cc3)CC2)c1. The van der Waals surface area contributed by atoms with Crippen molar-refractivity contribution in [2.24, 2.45) is 0 Å². The summed E-state index contributed by atoms with van der Waals surface area (Å²) in [6.07, 6.45) is 0. The maximum absolute atomic E-state index is 13.5. The number of ketones is 1. The third kappa shape index (κ3) is 5.03. The zero-order valence-corrected chi connectivity index (χ0v) is 18.9. The summed E-state index contributed by atoms with van der Waals surface area (Å²) in [5.41, 5.74) is 2.03. The fourth-order valence-electron chi connectivity index (χ4n) is 4.13. The van der Waals surface area contributed by atoms with E-state index in [1.54, 1.807) is 36.4 Å². The fraction of sp³-hybridized carbons (Fsp3) is 0.240. The van der Waals surface area contributed by atoms with E-state index in [-0.39, 0.29) is 41.4 Å². The summed E-state index contributed by atoms with van der Waals surface area (Å²) < 4.78 is 54.8. The van der Waals surface area contributed by atoms with Crippen LogP contribution >= 0.6 is 0 Å². The molecule has 3 aromatic rings. The zero-order chi connectivity index (χ0) is 23.6. The van der Waals surface area contributed by atoms with Gasteiger partial charge in [-0.3, -0.25) is 9.69 Å². The van der Waals surface area contributed by atoms with Gasteiger partial charge in [0.2, 0.25) is 10.0 Å². The van der Waals surface area contributed by atoms with Gasteiger partial charge in [-0.15, -0.1) is 0 Å². The second-order valence-electron chi connectivity index (χ2n) is 8.03. The van der Waals surface area contributed by atoms with Crippen molar-refractivity contribution in [1.82, 2.24) is 9.21 Å². The van der Waals surface area contributed by atoms with Gasteiger partial charge in [0.1, 0.15) is 11.6 Å². The average molecular weight is 471 g/mol. The summed E-state index contributed by atoms with van der Waals surface area (Å²) in [5, 5.41) is 0. The van der Waals surface area contributed by atoms with Gasteiger partial charge in [-0.2, -0.15) is 4.31 Å². The van der Waals surface area contributed by atoms with Gasteiger partial charge in [0, 0.05) is 31.7 Å². The van der Waals surface area contributed by atoms with Crippen molar-refractivity contribution in [3.05, 3.63) is 101 Å². The molecule has 0 unspecified atom stereocenters. The molecule has 33 heavy (non-hydrogen) atoms. The van der Waals surface area contributed by atoms with Crippen LogP contribution in [0.15, 0.2) is 77.7 Å². The number of piperazine rings is 1. The van der Waals surface area contributed by atoms with Gasteiger partial charge in [0.05, 0.1) is 10.9 Å². The lowest BCUT2D eigenvalue weighted by atomic mass is 9.96. The van der Waals surface area contributed by atoms with Crippen LogP contribution in [-0.4, -0.2) is 49.6 Å². The average Bonchev–Trinajstić information content (AvgIpc) is 2.82. The molecule has 0 atom stereocenters. The third-order valence-corrected chi connectivity index (χ3v) is 7.78. The standard InChI is InChI=1S/C25H24F2N2O3S/c1-18(30)21-3-2-4-24(17-21)33(31,32)29-15-13-28(14-16-29)25(19-5-9-22(26)10-6-19)20-7-11-23(27)12-8-20/h2-12,17,25H,13-16H2,1H3. The highest BCUT2D eigenvalue weighted by Crippen LogP contribution is 2.31. The Morgan fingerprint density at radius 2 is 1.33 bits per heavy atom. The highest BCUT2D eigenvalue weighted by molar-refractivity contribution is 7.89. The number of carbonyl (C=O) groups is 1. The van der Waals surface area contributed by atoms with Crippen molar-refractivity contribution in [2.45, 2.75) is 17.9 Å². The topological polar surface area (TPSA) is 57.7 Å². The smallest absolute Gasteiger partial charge is 0.243 e. The van der Waals surface area contributed by atoms with Crippen LogP contribution in [0.2, 0.25) is 0 Å². The quantitative estimate of drug-likeness (QED) is 0.505. The van der Waals surface area contributed by atoms with Crippen molar-refractivity contribution in [3.63, 3.8) is 0 Å². The molecule has 172 valence electrons. The van der Waals surface area contributed by atoms with Gasteiger partial charge in [0.25, 0.3) is 0 Å². The highest BCUT2D eigenvalue weighted by Gasteiger charge is 2.32. The molecule has 1 heterocycles. The maximum Gasteiger partial charge on any atom is 0.243 e. The largest absolute Gasteiger partial charge is 0.295 e. The van der Waals surface area contributed by atoms with E-state index in [9.17, 15) is 22.0 Å². The van der Waals surface area contributed by atoms with Crippen LogP contribution in [0, 0.1) is 11.6 Å². The summed E-state index contributed by atoms with van der Waals surface area (Å²) in [6.45, 7) is 2.78. The number of hydrogen-bond acceptors (Lipinski definition) is 4. The van der Waals surface area contributed by atoms with Crippen LogP contribution in [-0.2, 0) is 10.0 Å². The van der Waals surface area contributed by atoms with Crippen molar-refractivity contribution < 1.29 is 22.0 Å². The van der Waals surface area contributed by atoms with Crippen molar-refractivity contribution in [1.29, 1.82) is 0 Å². The molecule has 4 rings (SSSR count). The molecule has 0 amide bonds. The fourth-order valence-corrected chi connectivity index (χ4v) is 5.60. The number of benzene rings is 3. The second kappa shape index (κ2) is 9.51. The van der Waals surface area contributed by atoms with E-state index < -0.39 is 10.0 Å². The molecule has 0 N–H and O–H groups in total. The van der Waals surface area contributed by atoms with Crippen LogP contribution in [0.5, 0.6) is 0 Å². The molecule has 0 bridgehead atoms. The first-order chi connectivity index (χ1) is 15.8. The van der Waals surface area contributed by atoms with E-state index in [2.05, 4.69) is 4.90 Å². The summed E-state index contributed by atoms with van der Waals surface area (Å²) in [6, 6.07) is 18.1. The molecule has 1 fully saturated rings. The number of Topliss-reactive ketones (excluding diaryl/α,β-unsaturated/α-hetero) is 1. The van der Waals surface area contributed by atoms with Crippen molar-refractivity contribution in [2.75, 3.05) is 26.2 Å². The molecule has 0 aromatic heterocycles. The Hall–Kier alpha value is -2.94. The first kappa shape index (κ1) is 23.2. The van der Waals surface area contributed by atoms with E-state index in [0.29, 0.717) is 18.7 Å². The summed E-state index contributed by atoms with van der Waals surface area (Å²) in [5.74, 6) is -0.890. The second-order valence-corrected chi connectivity index (χ2v) is 9.97. The van der Waals surface area contributed by atoms with Gasteiger partial charge >= 0.3 is 0 Å². The van der Waals surface area contributed by atoms with Crippen LogP contribution in [0.1, 0.15) is 34.5 Å². The Bertz CT molecular complexity index is 1190. The molecule has 0 saturated carbocycles. The first-order valence-electron chi connectivity index (χ1n) is 10.6. The summed E-state index contributed by atoms with van der Waals surface area (Å²) >= 11 is 0. The number of sulfonamides is 1. The lowest BCUT2D eigenvalue weighted by Crippen LogP contribution is -2.49. The van der Waals surface area contributed by atoms with Gasteiger partial charge in [0.15, 0.2) is 5.78 Å². The Morgan fingerprint density at radius 1 is 0.818 bits per heavy atom. The van der Waals surface area contributed by atoms with E-state index in [4.69, 9.17) is 0 Å². The lowest BCUT2D eigenvalue weighted by Gasteiger charge is -2.39. The minimum Gasteiger partial charge on any atom is -0.295 e. The molecule has 1 aliphatic heterocycles. The van der Waals surface area contributed by atoms with E-state index in [0.717, 1.165) is 11.1 Å². The van der Waals surface area contributed by atoms with Crippen LogP contribution < -0.4 is 0 Å². The summed E-state index contributed by atoms with van der Waals surface area (Å²) in [7, 11) is -3.75. The number of hydrogen-bond donors (Lipinski definition) is 0. The Morgan fingerprint density at radius 3 is 1.82 bits per heavy atom. The molecular formula is C25H24F2N2O3S. The van der Waals surface area contributed by atoms with Crippen LogP contribution in [0.3, 0.4) is 0 Å². The highest BCUT2D eigenvalue weighted by atomic mass is 32.2. The maximum atomic E-state index is 13.5. The van der Waals surface area contributed by atoms with Crippen LogP contribution in [0.25, 0.3) is 0 Å². The van der Waals surface area contributed by atoms with Gasteiger partial charge in [-0.25, -0.2) is 17.2 Å². The molecule has 1 saturated heterocycles. The van der Waals surface area contributed by atoms with Crippen molar-refractivity contribution >= 4 is 15.8 Å². The molecular weight excluding hydrogens is 446 g/mol. The van der Waals surface area contributed by atoms with Gasteiger partial charge in [-0.1, -0.05) is 36.4 Å². The van der Waals surface area contributed by atoms with E-state index >= 15 is 0 Å². The third-order valence-electron chi connectivity index (χ3n) is 5.89. The minimum atomic E-state index is -3.75. The van der Waals surface area contributed by atoms with Gasteiger partial charge in [-0.05, 0) is 54.4 Å². The van der Waals surface area contributed by atoms with Crippen LogP contribution in [0.4, 0.5) is 8.78 Å². The van der Waals surface area contributed by atoms with Crippen molar-refractivity contribution in [3.8, 4) is 0 Å². The molecule has 0 radical (unpaired) electrons. The molecule has 5 nitrogen and oxygen atoms in total. The van der Waals surface area contributed by atoms with E-state index in [1.165, 1.54) is 47.6 Å². The monoisotopic (exact) mass is 470 g/mol. The lowest BCUT2D eigenvalue weighted by molar-refractivity contribution is 0.101. The van der Waals surface area contributed by atoms with Gasteiger partial charge < -0.3 is 0 Å². The Labute approximate surface area is 192 Å².